The number of ether oxygens (including phenoxy) is 2. The minimum atomic E-state index is -2.62. The zero-order valence-electron chi connectivity index (χ0n) is 16.9. The third-order valence-electron chi connectivity index (χ3n) is 5.54. The zero-order valence-corrected chi connectivity index (χ0v) is 16.9. The normalized spacial score (nSPS) is 24.7. The van der Waals surface area contributed by atoms with Crippen molar-refractivity contribution in [3.63, 3.8) is 0 Å². The predicted molar refractivity (Wildman–Crippen MR) is 109 cm³/mol. The molecule has 6 nitrogen and oxygen atoms in total. The highest BCUT2D eigenvalue weighted by atomic mass is 19.3. The van der Waals surface area contributed by atoms with E-state index in [4.69, 9.17) is 9.47 Å². The Hall–Kier alpha value is -2.58. The fourth-order valence-electron chi connectivity index (χ4n) is 3.92. The van der Waals surface area contributed by atoms with Gasteiger partial charge in [0.2, 0.25) is 5.88 Å². The van der Waals surface area contributed by atoms with Crippen molar-refractivity contribution in [2.75, 3.05) is 19.7 Å². The van der Waals surface area contributed by atoms with Gasteiger partial charge in [0.25, 0.3) is 5.92 Å². The van der Waals surface area contributed by atoms with Crippen molar-refractivity contribution >= 4 is 10.9 Å². The highest BCUT2D eigenvalue weighted by molar-refractivity contribution is 5.86. The number of hydrogen-bond donors (Lipinski definition) is 1. The molecule has 158 valence electrons. The van der Waals surface area contributed by atoms with Crippen molar-refractivity contribution < 1.29 is 18.3 Å². The smallest absolute Gasteiger partial charge is 0.270 e. The first kappa shape index (κ1) is 19.4. The van der Waals surface area contributed by atoms with Crippen LogP contribution >= 0.6 is 0 Å². The maximum absolute atomic E-state index is 13.4. The van der Waals surface area contributed by atoms with Crippen LogP contribution in [0.15, 0.2) is 42.9 Å². The molecule has 1 aliphatic heterocycles. The summed E-state index contributed by atoms with van der Waals surface area (Å²) >= 11 is 0. The molecule has 2 aliphatic rings. The average molecular weight is 414 g/mol. The van der Waals surface area contributed by atoms with Crippen LogP contribution in [0, 0.1) is 0 Å². The van der Waals surface area contributed by atoms with Gasteiger partial charge in [-0.3, -0.25) is 4.98 Å². The second-order valence-corrected chi connectivity index (χ2v) is 8.65. The Kier molecular flexibility index (Phi) is 4.52. The molecule has 0 radical (unpaired) electrons. The van der Waals surface area contributed by atoms with E-state index in [1.54, 1.807) is 29.2 Å². The summed E-state index contributed by atoms with van der Waals surface area (Å²) in [6.07, 6.45) is 4.89. The van der Waals surface area contributed by atoms with E-state index in [2.05, 4.69) is 15.3 Å². The number of aromatic nitrogens is 3. The molecule has 1 unspecified atom stereocenters. The fraction of sp³-hybridized carbons (Fsp3) is 0.455. The van der Waals surface area contributed by atoms with Crippen LogP contribution in [0.25, 0.3) is 22.2 Å². The van der Waals surface area contributed by atoms with Crippen LogP contribution in [0.2, 0.25) is 0 Å². The Bertz CT molecular complexity index is 1080. The molecule has 1 aliphatic carbocycles. The lowest BCUT2D eigenvalue weighted by atomic mass is 10.1. The Morgan fingerprint density at radius 2 is 2.17 bits per heavy atom. The molecule has 5 rings (SSSR count). The molecule has 2 fully saturated rings. The molecule has 1 saturated carbocycles. The molecule has 1 saturated heterocycles. The van der Waals surface area contributed by atoms with Crippen LogP contribution in [0.1, 0.15) is 26.3 Å². The Labute approximate surface area is 173 Å². The van der Waals surface area contributed by atoms with Gasteiger partial charge in [-0.1, -0.05) is 0 Å². The summed E-state index contributed by atoms with van der Waals surface area (Å²) in [5, 5.41) is 4.16. The quantitative estimate of drug-likeness (QED) is 0.688. The molecule has 0 amide bonds. The molecule has 1 N–H and O–H groups in total. The summed E-state index contributed by atoms with van der Waals surface area (Å²) in [5.74, 6) is -2.16. The molecule has 30 heavy (non-hydrogen) atoms. The van der Waals surface area contributed by atoms with Crippen molar-refractivity contribution in [1.29, 1.82) is 0 Å². The van der Waals surface area contributed by atoms with Crippen LogP contribution < -0.4 is 10.1 Å². The van der Waals surface area contributed by atoms with Crippen LogP contribution in [0.4, 0.5) is 8.78 Å². The van der Waals surface area contributed by atoms with Gasteiger partial charge in [0, 0.05) is 43.7 Å². The molecule has 4 heterocycles. The lowest BCUT2D eigenvalue weighted by Crippen LogP contribution is -2.52. The second-order valence-electron chi connectivity index (χ2n) is 8.65. The number of morpholine rings is 1. The summed E-state index contributed by atoms with van der Waals surface area (Å²) in [5.41, 5.74) is 1.89. The lowest BCUT2D eigenvalue weighted by Gasteiger charge is -2.36. The molecule has 0 bridgehead atoms. The van der Waals surface area contributed by atoms with Crippen LogP contribution in [-0.2, 0) is 4.74 Å². The number of fused-ring (bicyclic) bond motifs is 1. The van der Waals surface area contributed by atoms with Crippen molar-refractivity contribution in [2.45, 2.75) is 43.9 Å². The molecule has 0 aromatic carbocycles. The minimum absolute atomic E-state index is 0.0934. The molecule has 2 atom stereocenters. The van der Waals surface area contributed by atoms with E-state index >= 15 is 0 Å². The number of hydrogen-bond acceptors (Lipinski definition) is 5. The summed E-state index contributed by atoms with van der Waals surface area (Å²) in [7, 11) is 0. The number of nitrogens with zero attached hydrogens (tertiary/aromatic N) is 3. The van der Waals surface area contributed by atoms with E-state index in [1.807, 2.05) is 32.0 Å². The van der Waals surface area contributed by atoms with Crippen LogP contribution in [0.5, 0.6) is 5.88 Å². The van der Waals surface area contributed by atoms with E-state index in [0.29, 0.717) is 24.7 Å². The molecule has 3 aromatic heterocycles. The summed E-state index contributed by atoms with van der Waals surface area (Å²) in [6.45, 7) is 5.93. The predicted octanol–water partition coefficient (Wildman–Crippen LogP) is 3.82. The number of pyridine rings is 2. The largest absolute Gasteiger partial charge is 0.474 e. The van der Waals surface area contributed by atoms with Gasteiger partial charge in [-0.25, -0.2) is 13.8 Å². The number of rotatable bonds is 5. The lowest BCUT2D eigenvalue weighted by molar-refractivity contribution is -0.107. The van der Waals surface area contributed by atoms with Crippen LogP contribution in [0.3, 0.4) is 0 Å². The monoisotopic (exact) mass is 414 g/mol. The van der Waals surface area contributed by atoms with Crippen LogP contribution in [-0.4, -0.2) is 51.9 Å². The van der Waals surface area contributed by atoms with E-state index in [1.165, 1.54) is 0 Å². The number of alkyl halides is 2. The van der Waals surface area contributed by atoms with Gasteiger partial charge >= 0.3 is 0 Å². The maximum Gasteiger partial charge on any atom is 0.270 e. The summed E-state index contributed by atoms with van der Waals surface area (Å²) in [6, 6.07) is 6.64. The van der Waals surface area contributed by atoms with Crippen molar-refractivity contribution in [1.82, 2.24) is 19.9 Å². The van der Waals surface area contributed by atoms with E-state index in [-0.39, 0.29) is 18.1 Å². The third kappa shape index (κ3) is 3.77. The van der Waals surface area contributed by atoms with Crippen molar-refractivity contribution in [3.05, 3.63) is 42.9 Å². The molecular weight excluding hydrogens is 390 g/mol. The van der Waals surface area contributed by atoms with Crippen molar-refractivity contribution in [2.24, 2.45) is 0 Å². The van der Waals surface area contributed by atoms with E-state index in [0.717, 1.165) is 23.0 Å². The molecule has 8 heteroatoms. The number of nitrogens with one attached hydrogen (secondary N) is 1. The van der Waals surface area contributed by atoms with Gasteiger partial charge in [0.1, 0.15) is 18.8 Å². The van der Waals surface area contributed by atoms with Gasteiger partial charge in [0.15, 0.2) is 0 Å². The van der Waals surface area contributed by atoms with E-state index < -0.39 is 12.0 Å². The van der Waals surface area contributed by atoms with E-state index in [9.17, 15) is 8.78 Å². The van der Waals surface area contributed by atoms with Gasteiger partial charge in [-0.15, -0.1) is 0 Å². The Morgan fingerprint density at radius 3 is 2.93 bits per heavy atom. The maximum atomic E-state index is 13.4. The molecule has 3 aromatic rings. The van der Waals surface area contributed by atoms with Gasteiger partial charge in [-0.2, -0.15) is 0 Å². The standard InChI is InChI=1S/C22H24F2N4O2/c1-21(2)13-25-10-15(30-21)12-29-20-16-4-3-6-26-18(16)8-17(27-20)14-5-7-28(11-14)19-9-22(19,23)24/h3-8,11,15,19,25H,9-10,12-13H2,1-2H3/t15-,19?/m0/s1. The third-order valence-corrected chi connectivity index (χ3v) is 5.54. The highest BCUT2D eigenvalue weighted by Crippen LogP contribution is 2.52. The first-order chi connectivity index (χ1) is 14.3. The van der Waals surface area contributed by atoms with Gasteiger partial charge in [-0.05, 0) is 38.1 Å². The SMILES string of the molecule is CC1(C)CNC[C@@H](COc2nc(-c3ccn(C4CC4(F)F)c3)cc3ncccc23)O1. The minimum Gasteiger partial charge on any atom is -0.474 e. The average Bonchev–Trinajstić information content (AvgIpc) is 3.12. The molecule has 0 spiro atoms. The Balaban J connectivity index is 1.42. The number of halogens is 2. The summed E-state index contributed by atoms with van der Waals surface area (Å²) in [4.78, 5) is 9.12. The topological polar surface area (TPSA) is 61.2 Å². The van der Waals surface area contributed by atoms with Gasteiger partial charge in [0.05, 0.1) is 22.2 Å². The highest BCUT2D eigenvalue weighted by Gasteiger charge is 2.58. The molecular formula is C22H24F2N4O2. The first-order valence-electron chi connectivity index (χ1n) is 10.1. The van der Waals surface area contributed by atoms with Crippen molar-refractivity contribution in [3.8, 4) is 17.1 Å². The fourth-order valence-corrected chi connectivity index (χ4v) is 3.92. The second kappa shape index (κ2) is 6.99. The zero-order chi connectivity index (χ0) is 20.9. The Morgan fingerprint density at radius 1 is 1.33 bits per heavy atom. The summed E-state index contributed by atoms with van der Waals surface area (Å²) < 4.78 is 40.5. The first-order valence-corrected chi connectivity index (χ1v) is 10.1. The van der Waals surface area contributed by atoms with Gasteiger partial charge < -0.3 is 19.4 Å².